The van der Waals surface area contributed by atoms with E-state index in [-0.39, 0.29) is 18.1 Å². The van der Waals surface area contributed by atoms with E-state index in [0.717, 1.165) is 5.56 Å². The number of nitrogens with one attached hydrogen (secondary N) is 2. The van der Waals surface area contributed by atoms with Crippen LogP contribution < -0.4 is 29.0 Å². The van der Waals surface area contributed by atoms with Crippen molar-refractivity contribution >= 4 is 21.6 Å². The van der Waals surface area contributed by atoms with Gasteiger partial charge in [0.2, 0.25) is 22.7 Å². The van der Waals surface area contributed by atoms with Crippen LogP contribution in [0.25, 0.3) is 0 Å². The molecule has 0 aromatic heterocycles. The molecule has 0 spiro atoms. The summed E-state index contributed by atoms with van der Waals surface area (Å²) < 4.78 is 50.6. The summed E-state index contributed by atoms with van der Waals surface area (Å²) in [4.78, 5) is 13.2. The van der Waals surface area contributed by atoms with E-state index in [9.17, 15) is 13.2 Å². The van der Waals surface area contributed by atoms with Gasteiger partial charge in [-0.05, 0) is 36.2 Å². The molecule has 1 atom stereocenters. The van der Waals surface area contributed by atoms with Crippen LogP contribution >= 0.6 is 0 Å². The van der Waals surface area contributed by atoms with Gasteiger partial charge in [0.05, 0.1) is 4.90 Å². The van der Waals surface area contributed by atoms with Crippen LogP contribution in [0.15, 0.2) is 71.6 Å². The lowest BCUT2D eigenvalue weighted by Gasteiger charge is -2.21. The molecule has 3 aromatic rings. The lowest BCUT2D eigenvalue weighted by molar-refractivity contribution is -0.117. The number of anilines is 1. The van der Waals surface area contributed by atoms with Crippen LogP contribution in [0.5, 0.6) is 23.0 Å². The fourth-order valence-electron chi connectivity index (χ4n) is 3.69. The summed E-state index contributed by atoms with van der Waals surface area (Å²) in [5, 5.41) is 2.77. The first-order valence-electron chi connectivity index (χ1n) is 10.6. The van der Waals surface area contributed by atoms with Crippen LogP contribution in [0.4, 0.5) is 5.69 Å². The Morgan fingerprint density at radius 1 is 0.824 bits per heavy atom. The fourth-order valence-corrected chi connectivity index (χ4v) is 4.90. The smallest absolute Gasteiger partial charge is 0.242 e. The molecule has 1 amide bonds. The molecule has 0 fully saturated rings. The third-order valence-corrected chi connectivity index (χ3v) is 6.83. The van der Waals surface area contributed by atoms with Crippen molar-refractivity contribution in [2.45, 2.75) is 17.4 Å². The zero-order chi connectivity index (χ0) is 23.5. The van der Waals surface area contributed by atoms with Crippen molar-refractivity contribution in [3.8, 4) is 23.0 Å². The van der Waals surface area contributed by atoms with Crippen molar-refractivity contribution in [3.63, 3.8) is 0 Å². The maximum absolute atomic E-state index is 13.2. The summed E-state index contributed by atoms with van der Waals surface area (Å²) in [5.74, 6) is 1.40. The Kier molecular flexibility index (Phi) is 5.99. The average molecular weight is 483 g/mol. The first-order chi connectivity index (χ1) is 16.5. The minimum absolute atomic E-state index is 0.0225. The largest absolute Gasteiger partial charge is 0.486 e. The molecule has 2 aliphatic rings. The summed E-state index contributed by atoms with van der Waals surface area (Å²) in [6.45, 7) is 0.841. The van der Waals surface area contributed by atoms with Crippen LogP contribution in [0.1, 0.15) is 5.56 Å². The maximum Gasteiger partial charge on any atom is 0.242 e. The summed E-state index contributed by atoms with van der Waals surface area (Å²) in [5.41, 5.74) is 1.27. The van der Waals surface area contributed by atoms with E-state index in [1.54, 1.807) is 24.3 Å². The molecule has 0 saturated carbocycles. The van der Waals surface area contributed by atoms with Crippen molar-refractivity contribution in [1.82, 2.24) is 4.72 Å². The van der Waals surface area contributed by atoms with E-state index in [0.29, 0.717) is 41.9 Å². The zero-order valence-electron chi connectivity index (χ0n) is 18.0. The third kappa shape index (κ3) is 4.78. The molecule has 0 bridgehead atoms. The van der Waals surface area contributed by atoms with Gasteiger partial charge < -0.3 is 24.3 Å². The van der Waals surface area contributed by atoms with Gasteiger partial charge in [-0.25, -0.2) is 8.42 Å². The molecule has 0 saturated heterocycles. The molecule has 9 nitrogen and oxygen atoms in total. The van der Waals surface area contributed by atoms with Crippen molar-refractivity contribution in [2.75, 3.05) is 25.3 Å². The average Bonchev–Trinajstić information content (AvgIpc) is 3.32. The Bertz CT molecular complexity index is 1310. The van der Waals surface area contributed by atoms with Gasteiger partial charge in [-0.1, -0.05) is 30.3 Å². The van der Waals surface area contributed by atoms with E-state index in [1.165, 1.54) is 12.1 Å². The van der Waals surface area contributed by atoms with Gasteiger partial charge in [-0.2, -0.15) is 4.72 Å². The Morgan fingerprint density at radius 2 is 1.50 bits per heavy atom. The van der Waals surface area contributed by atoms with Crippen molar-refractivity contribution < 1.29 is 32.2 Å². The summed E-state index contributed by atoms with van der Waals surface area (Å²) in [6, 6.07) is 17.4. The van der Waals surface area contributed by atoms with Crippen molar-refractivity contribution in [2.24, 2.45) is 0 Å². The highest BCUT2D eigenvalue weighted by molar-refractivity contribution is 7.89. The summed E-state index contributed by atoms with van der Waals surface area (Å²) >= 11 is 0. The molecule has 5 rings (SSSR count). The quantitative estimate of drug-likeness (QED) is 0.533. The lowest BCUT2D eigenvalue weighted by Crippen LogP contribution is -2.45. The molecule has 2 N–H and O–H groups in total. The van der Waals surface area contributed by atoms with Crippen LogP contribution in [0.3, 0.4) is 0 Å². The predicted molar refractivity (Wildman–Crippen MR) is 123 cm³/mol. The minimum Gasteiger partial charge on any atom is -0.486 e. The number of hydrogen-bond donors (Lipinski definition) is 2. The van der Waals surface area contributed by atoms with Gasteiger partial charge in [0.1, 0.15) is 19.3 Å². The van der Waals surface area contributed by atoms with Gasteiger partial charge in [-0.3, -0.25) is 4.79 Å². The molecule has 10 heteroatoms. The number of amides is 1. The Hall–Kier alpha value is -3.76. The fraction of sp³-hybridized carbons (Fsp3) is 0.208. The molecule has 0 aliphatic carbocycles. The maximum atomic E-state index is 13.2. The number of rotatable bonds is 7. The molecule has 176 valence electrons. The van der Waals surface area contributed by atoms with Crippen LogP contribution in [-0.4, -0.2) is 40.4 Å². The van der Waals surface area contributed by atoms with Gasteiger partial charge in [0, 0.05) is 17.8 Å². The van der Waals surface area contributed by atoms with Gasteiger partial charge in [-0.15, -0.1) is 0 Å². The highest BCUT2D eigenvalue weighted by atomic mass is 32.2. The molecule has 2 aliphatic heterocycles. The normalized spacial score (nSPS) is 14.9. The lowest BCUT2D eigenvalue weighted by atomic mass is 10.1. The number of carbonyl (C=O) groups is 1. The number of carbonyl (C=O) groups excluding carboxylic acids is 1. The minimum atomic E-state index is -4.05. The second kappa shape index (κ2) is 9.24. The van der Waals surface area contributed by atoms with E-state index in [1.807, 2.05) is 30.3 Å². The second-order valence-corrected chi connectivity index (χ2v) is 9.44. The number of sulfonamides is 1. The van der Waals surface area contributed by atoms with Gasteiger partial charge in [0.15, 0.2) is 23.0 Å². The first-order valence-corrected chi connectivity index (χ1v) is 12.1. The molecule has 0 radical (unpaired) electrons. The Labute approximate surface area is 196 Å². The van der Waals surface area contributed by atoms with Crippen molar-refractivity contribution in [1.29, 1.82) is 0 Å². The van der Waals surface area contributed by atoms with Crippen molar-refractivity contribution in [3.05, 3.63) is 72.3 Å². The summed E-state index contributed by atoms with van der Waals surface area (Å²) in [6.07, 6.45) is 0.154. The molecular weight excluding hydrogens is 460 g/mol. The second-order valence-electron chi connectivity index (χ2n) is 7.73. The number of hydrogen-bond acceptors (Lipinski definition) is 7. The van der Waals surface area contributed by atoms with E-state index in [4.69, 9.17) is 18.9 Å². The first kappa shape index (κ1) is 22.1. The van der Waals surface area contributed by atoms with Gasteiger partial charge in [0.25, 0.3) is 0 Å². The molecule has 1 unspecified atom stereocenters. The Morgan fingerprint density at radius 3 is 2.32 bits per heavy atom. The number of ether oxygens (including phenoxy) is 4. The zero-order valence-corrected chi connectivity index (χ0v) is 18.8. The highest BCUT2D eigenvalue weighted by Crippen LogP contribution is 2.34. The van der Waals surface area contributed by atoms with E-state index >= 15 is 0 Å². The van der Waals surface area contributed by atoms with Crippen LogP contribution in [-0.2, 0) is 21.2 Å². The molecular formula is C24H22N2O7S. The molecule has 3 aromatic carbocycles. The predicted octanol–water partition coefficient (Wildman–Crippen LogP) is 2.71. The van der Waals surface area contributed by atoms with E-state index < -0.39 is 22.0 Å². The third-order valence-electron chi connectivity index (χ3n) is 5.36. The summed E-state index contributed by atoms with van der Waals surface area (Å²) in [7, 11) is -4.05. The topological polar surface area (TPSA) is 112 Å². The number of benzene rings is 3. The standard InChI is InChI=1S/C24H22N2O7S/c27-24(25-17-6-8-21-22(13-17)33-15-32-21)19(12-16-4-2-1-3-5-16)26-34(28,29)18-7-9-20-23(14-18)31-11-10-30-20/h1-9,13-14,19,26H,10-12,15H2,(H,25,27). The van der Waals surface area contributed by atoms with E-state index in [2.05, 4.69) is 10.0 Å². The highest BCUT2D eigenvalue weighted by Gasteiger charge is 2.28. The Balaban J connectivity index is 1.39. The SMILES string of the molecule is O=C(Nc1ccc2c(c1)OCO2)C(Cc1ccccc1)NS(=O)(=O)c1ccc2c(c1)OCCO2. The monoisotopic (exact) mass is 482 g/mol. The number of fused-ring (bicyclic) bond motifs is 2. The van der Waals surface area contributed by atoms with Crippen LogP contribution in [0, 0.1) is 0 Å². The van der Waals surface area contributed by atoms with Gasteiger partial charge >= 0.3 is 0 Å². The van der Waals surface area contributed by atoms with Crippen LogP contribution in [0.2, 0.25) is 0 Å². The molecule has 34 heavy (non-hydrogen) atoms. The molecule has 2 heterocycles.